The molecule has 1 unspecified atom stereocenters. The number of rotatable bonds is 11. The lowest BCUT2D eigenvalue weighted by Crippen LogP contribution is -2.03. The van der Waals surface area contributed by atoms with Crippen molar-refractivity contribution in [1.82, 2.24) is 4.98 Å². The van der Waals surface area contributed by atoms with E-state index in [1.165, 1.54) is 58.3 Å². The van der Waals surface area contributed by atoms with Gasteiger partial charge in [-0.3, -0.25) is 0 Å². The number of hydrogen-bond acceptors (Lipinski definition) is 2. The highest BCUT2D eigenvalue weighted by Gasteiger charge is 2.19. The van der Waals surface area contributed by atoms with Gasteiger partial charge in [0, 0.05) is 27.9 Å². The van der Waals surface area contributed by atoms with Gasteiger partial charge in [0.25, 0.3) is 0 Å². The number of unbranched alkanes of at least 4 members (excludes halogenated alkanes) is 4. The van der Waals surface area contributed by atoms with Crippen LogP contribution in [0.1, 0.15) is 74.6 Å². The number of H-pyrrole nitrogens is 1. The summed E-state index contributed by atoms with van der Waals surface area (Å²) in [5.41, 5.74) is 2.64. The number of benzene rings is 1. The van der Waals surface area contributed by atoms with Crippen molar-refractivity contribution < 1.29 is 0 Å². The Kier molecular flexibility index (Phi) is 7.45. The van der Waals surface area contributed by atoms with Crippen LogP contribution in [0.25, 0.3) is 10.9 Å². The molecule has 0 spiro atoms. The van der Waals surface area contributed by atoms with Crippen LogP contribution in [0.15, 0.2) is 48.0 Å². The summed E-state index contributed by atoms with van der Waals surface area (Å²) in [7, 11) is 0. The van der Waals surface area contributed by atoms with E-state index in [0.717, 1.165) is 19.3 Å². The van der Waals surface area contributed by atoms with Crippen molar-refractivity contribution in [2.45, 2.75) is 64.2 Å². The maximum Gasteiger partial charge on any atom is 0.0457 e. The normalized spacial score (nSPS) is 12.5. The SMILES string of the molecule is CCCCCCCC(=S)CCC(c1cccs1)c1c[nH]c2ccccc12. The zero-order chi connectivity index (χ0) is 18.2. The highest BCUT2D eigenvalue weighted by atomic mass is 32.1. The first-order valence-electron chi connectivity index (χ1n) is 9.90. The molecule has 3 heteroatoms. The quantitative estimate of drug-likeness (QED) is 0.263. The Bertz CT molecular complexity index is 801. The zero-order valence-electron chi connectivity index (χ0n) is 15.7. The number of aromatic nitrogens is 1. The van der Waals surface area contributed by atoms with Crippen molar-refractivity contribution in [1.29, 1.82) is 0 Å². The predicted molar refractivity (Wildman–Crippen MR) is 120 cm³/mol. The van der Waals surface area contributed by atoms with E-state index in [2.05, 4.69) is 59.9 Å². The molecule has 3 aromatic rings. The summed E-state index contributed by atoms with van der Waals surface area (Å²) >= 11 is 7.56. The lowest BCUT2D eigenvalue weighted by atomic mass is 9.91. The highest BCUT2D eigenvalue weighted by Crippen LogP contribution is 2.36. The number of thiocarbonyl (C=S) groups is 1. The third-order valence-corrected chi connectivity index (χ3v) is 6.55. The Labute approximate surface area is 166 Å². The van der Waals surface area contributed by atoms with Crippen molar-refractivity contribution in [3.63, 3.8) is 0 Å². The van der Waals surface area contributed by atoms with Gasteiger partial charge in [-0.05, 0) is 53.6 Å². The second kappa shape index (κ2) is 10.0. The summed E-state index contributed by atoms with van der Waals surface area (Å²) in [5.74, 6) is 0.434. The van der Waals surface area contributed by atoms with Crippen LogP contribution in [0.3, 0.4) is 0 Å². The molecule has 138 valence electrons. The van der Waals surface area contributed by atoms with E-state index in [0.29, 0.717) is 5.92 Å². The molecular formula is C23H29NS2. The van der Waals surface area contributed by atoms with Gasteiger partial charge < -0.3 is 4.98 Å². The summed E-state index contributed by atoms with van der Waals surface area (Å²) in [6.45, 7) is 2.26. The summed E-state index contributed by atoms with van der Waals surface area (Å²) in [6.07, 6.45) is 12.1. The average molecular weight is 384 g/mol. The third-order valence-electron chi connectivity index (χ3n) is 5.15. The largest absolute Gasteiger partial charge is 0.361 e. The summed E-state index contributed by atoms with van der Waals surface area (Å²) in [5, 5.41) is 3.53. The Morgan fingerprint density at radius 1 is 1.04 bits per heavy atom. The van der Waals surface area contributed by atoms with Gasteiger partial charge in [-0.25, -0.2) is 0 Å². The van der Waals surface area contributed by atoms with Gasteiger partial charge in [-0.2, -0.15) is 0 Å². The monoisotopic (exact) mass is 383 g/mol. The minimum absolute atomic E-state index is 0.434. The van der Waals surface area contributed by atoms with E-state index in [1.807, 2.05) is 11.3 Å². The Balaban J connectivity index is 1.64. The van der Waals surface area contributed by atoms with Gasteiger partial charge in [0.15, 0.2) is 0 Å². The number of para-hydroxylation sites is 1. The van der Waals surface area contributed by atoms with Crippen molar-refractivity contribution in [2.75, 3.05) is 0 Å². The molecule has 1 atom stereocenters. The predicted octanol–water partition coefficient (Wildman–Crippen LogP) is 7.87. The molecule has 0 aliphatic rings. The van der Waals surface area contributed by atoms with Crippen molar-refractivity contribution in [3.05, 3.63) is 58.4 Å². The molecule has 2 heterocycles. The molecule has 0 radical (unpaired) electrons. The second-order valence-electron chi connectivity index (χ2n) is 7.10. The summed E-state index contributed by atoms with van der Waals surface area (Å²) in [4.78, 5) is 6.14. The van der Waals surface area contributed by atoms with Crippen LogP contribution in [-0.2, 0) is 0 Å². The number of thiophene rings is 1. The van der Waals surface area contributed by atoms with Crippen molar-refractivity contribution >= 4 is 39.3 Å². The molecule has 0 aliphatic carbocycles. The summed E-state index contributed by atoms with van der Waals surface area (Å²) in [6, 6.07) is 13.0. The van der Waals surface area contributed by atoms with Crippen LogP contribution in [0.4, 0.5) is 0 Å². The molecule has 0 bridgehead atoms. The van der Waals surface area contributed by atoms with Crippen LogP contribution in [0.2, 0.25) is 0 Å². The molecule has 2 aromatic heterocycles. The molecule has 1 nitrogen and oxygen atoms in total. The van der Waals surface area contributed by atoms with Gasteiger partial charge in [0.05, 0.1) is 0 Å². The van der Waals surface area contributed by atoms with Crippen molar-refractivity contribution in [2.24, 2.45) is 0 Å². The number of hydrogen-bond donors (Lipinski definition) is 1. The van der Waals surface area contributed by atoms with E-state index < -0.39 is 0 Å². The molecule has 3 rings (SSSR count). The first kappa shape index (κ1) is 19.3. The fraction of sp³-hybridized carbons (Fsp3) is 0.435. The van der Waals surface area contributed by atoms with E-state index >= 15 is 0 Å². The Morgan fingerprint density at radius 3 is 2.69 bits per heavy atom. The molecule has 0 aliphatic heterocycles. The first-order chi connectivity index (χ1) is 12.8. The number of aromatic amines is 1. The lowest BCUT2D eigenvalue weighted by molar-refractivity contribution is 0.641. The van der Waals surface area contributed by atoms with Gasteiger partial charge in [-0.15, -0.1) is 11.3 Å². The van der Waals surface area contributed by atoms with E-state index in [4.69, 9.17) is 12.2 Å². The van der Waals surface area contributed by atoms with Gasteiger partial charge >= 0.3 is 0 Å². The zero-order valence-corrected chi connectivity index (χ0v) is 17.3. The number of fused-ring (bicyclic) bond motifs is 1. The van der Waals surface area contributed by atoms with E-state index in [9.17, 15) is 0 Å². The topological polar surface area (TPSA) is 15.8 Å². The van der Waals surface area contributed by atoms with Crippen LogP contribution in [0, 0.1) is 0 Å². The summed E-state index contributed by atoms with van der Waals surface area (Å²) < 4.78 is 0. The molecule has 0 amide bonds. The minimum atomic E-state index is 0.434. The maximum atomic E-state index is 5.70. The molecule has 26 heavy (non-hydrogen) atoms. The second-order valence-corrected chi connectivity index (χ2v) is 8.66. The Morgan fingerprint density at radius 2 is 1.88 bits per heavy atom. The molecule has 1 N–H and O–H groups in total. The van der Waals surface area contributed by atoms with Crippen LogP contribution in [-0.4, -0.2) is 9.85 Å². The standard InChI is InChI=1S/C23H29NS2/c1-2-3-4-5-6-10-18(25)14-15-20(23-13-9-16-26-23)21-17-24-22-12-8-7-11-19(21)22/h7-9,11-13,16-17,20,24H,2-6,10,14-15H2,1H3. The molecule has 0 fully saturated rings. The van der Waals surface area contributed by atoms with Gasteiger partial charge in [0.1, 0.15) is 0 Å². The minimum Gasteiger partial charge on any atom is -0.361 e. The Hall–Kier alpha value is -1.45. The molecular weight excluding hydrogens is 354 g/mol. The third kappa shape index (κ3) is 5.05. The van der Waals surface area contributed by atoms with Crippen LogP contribution >= 0.6 is 23.6 Å². The molecule has 0 saturated carbocycles. The average Bonchev–Trinajstić information content (AvgIpc) is 3.32. The smallest absolute Gasteiger partial charge is 0.0457 e. The highest BCUT2D eigenvalue weighted by molar-refractivity contribution is 7.80. The van der Waals surface area contributed by atoms with Crippen LogP contribution in [0.5, 0.6) is 0 Å². The maximum absolute atomic E-state index is 5.70. The van der Waals surface area contributed by atoms with Crippen molar-refractivity contribution in [3.8, 4) is 0 Å². The molecule has 0 saturated heterocycles. The molecule has 1 aromatic carbocycles. The lowest BCUT2D eigenvalue weighted by Gasteiger charge is -2.16. The first-order valence-corrected chi connectivity index (χ1v) is 11.2. The van der Waals surface area contributed by atoms with Crippen LogP contribution < -0.4 is 0 Å². The fourth-order valence-electron chi connectivity index (χ4n) is 3.68. The number of nitrogens with one attached hydrogen (secondary N) is 1. The van der Waals surface area contributed by atoms with E-state index in [1.54, 1.807) is 0 Å². The van der Waals surface area contributed by atoms with Gasteiger partial charge in [-0.1, -0.05) is 69.1 Å². The fourth-order valence-corrected chi connectivity index (χ4v) is 4.82. The van der Waals surface area contributed by atoms with Gasteiger partial charge in [0.2, 0.25) is 0 Å². The van der Waals surface area contributed by atoms with E-state index in [-0.39, 0.29) is 0 Å².